The van der Waals surface area contributed by atoms with E-state index in [9.17, 15) is 13.2 Å². The molecule has 1 aromatic carbocycles. The average molecular weight is 325 g/mol. The molecule has 0 radical (unpaired) electrons. The van der Waals surface area contributed by atoms with Crippen molar-refractivity contribution in [2.24, 2.45) is 5.92 Å². The van der Waals surface area contributed by atoms with Crippen LogP contribution >= 0.6 is 0 Å². The first-order valence-electron chi connectivity index (χ1n) is 7.64. The van der Waals surface area contributed by atoms with Gasteiger partial charge in [0, 0.05) is 13.1 Å². The SMILES string of the molecule is CC1CCN(S(=O)(=O)C(CC(=O)O)Cc2ccccc2)CC1. The zero-order chi connectivity index (χ0) is 16.2. The van der Waals surface area contributed by atoms with Gasteiger partial charge in [0.2, 0.25) is 10.0 Å². The largest absolute Gasteiger partial charge is 0.481 e. The second-order valence-electron chi connectivity index (χ2n) is 6.04. The van der Waals surface area contributed by atoms with Gasteiger partial charge in [-0.15, -0.1) is 0 Å². The van der Waals surface area contributed by atoms with E-state index in [1.165, 1.54) is 4.31 Å². The van der Waals surface area contributed by atoms with E-state index < -0.39 is 21.2 Å². The first-order valence-corrected chi connectivity index (χ1v) is 9.14. The monoisotopic (exact) mass is 325 g/mol. The van der Waals surface area contributed by atoms with E-state index >= 15 is 0 Å². The van der Waals surface area contributed by atoms with Crippen LogP contribution in [0.5, 0.6) is 0 Å². The molecule has 0 saturated carbocycles. The third kappa shape index (κ3) is 4.30. The van der Waals surface area contributed by atoms with Crippen molar-refractivity contribution < 1.29 is 18.3 Å². The molecule has 1 fully saturated rings. The number of hydrogen-bond donors (Lipinski definition) is 1. The third-order valence-electron chi connectivity index (χ3n) is 4.23. The van der Waals surface area contributed by atoms with Crippen molar-refractivity contribution in [1.82, 2.24) is 4.31 Å². The number of carbonyl (C=O) groups is 1. The van der Waals surface area contributed by atoms with Gasteiger partial charge in [-0.05, 0) is 30.7 Å². The summed E-state index contributed by atoms with van der Waals surface area (Å²) in [6.07, 6.45) is 1.56. The summed E-state index contributed by atoms with van der Waals surface area (Å²) >= 11 is 0. The van der Waals surface area contributed by atoms with Gasteiger partial charge in [0.05, 0.1) is 11.7 Å². The third-order valence-corrected chi connectivity index (χ3v) is 6.49. The van der Waals surface area contributed by atoms with Gasteiger partial charge in [0.15, 0.2) is 0 Å². The fourth-order valence-electron chi connectivity index (χ4n) is 2.80. The van der Waals surface area contributed by atoms with Crippen molar-refractivity contribution in [2.45, 2.75) is 37.9 Å². The Balaban J connectivity index is 2.18. The summed E-state index contributed by atoms with van der Waals surface area (Å²) in [7, 11) is -3.59. The van der Waals surface area contributed by atoms with E-state index in [-0.39, 0.29) is 12.8 Å². The number of benzene rings is 1. The van der Waals surface area contributed by atoms with Crippen LogP contribution in [0.3, 0.4) is 0 Å². The van der Waals surface area contributed by atoms with Crippen molar-refractivity contribution in [2.75, 3.05) is 13.1 Å². The van der Waals surface area contributed by atoms with Crippen LogP contribution in [0.15, 0.2) is 30.3 Å². The highest BCUT2D eigenvalue weighted by Crippen LogP contribution is 2.24. The Morgan fingerprint density at radius 3 is 2.41 bits per heavy atom. The molecule has 6 heteroatoms. The Hall–Kier alpha value is -1.40. The van der Waals surface area contributed by atoms with E-state index in [0.717, 1.165) is 18.4 Å². The molecule has 1 N–H and O–H groups in total. The van der Waals surface area contributed by atoms with Crippen molar-refractivity contribution in [3.8, 4) is 0 Å². The smallest absolute Gasteiger partial charge is 0.304 e. The van der Waals surface area contributed by atoms with Crippen LogP contribution in [0, 0.1) is 5.92 Å². The minimum atomic E-state index is -3.59. The number of carboxylic acid groups (broad SMARTS) is 1. The summed E-state index contributed by atoms with van der Waals surface area (Å²) in [5, 5.41) is 8.18. The van der Waals surface area contributed by atoms with Gasteiger partial charge in [-0.3, -0.25) is 4.79 Å². The summed E-state index contributed by atoms with van der Waals surface area (Å²) in [5.74, 6) is -0.548. The minimum absolute atomic E-state index is 0.238. The van der Waals surface area contributed by atoms with E-state index in [2.05, 4.69) is 6.92 Å². The molecule has 1 aromatic rings. The summed E-state index contributed by atoms with van der Waals surface area (Å²) in [4.78, 5) is 11.1. The molecule has 1 heterocycles. The summed E-state index contributed by atoms with van der Waals surface area (Å²) < 4.78 is 27.1. The average Bonchev–Trinajstić information content (AvgIpc) is 2.47. The fraction of sp³-hybridized carbons (Fsp3) is 0.562. The highest BCUT2D eigenvalue weighted by atomic mass is 32.2. The number of nitrogens with zero attached hydrogens (tertiary/aromatic N) is 1. The number of rotatable bonds is 6. The van der Waals surface area contributed by atoms with Gasteiger partial charge < -0.3 is 5.11 Å². The van der Waals surface area contributed by atoms with E-state index in [0.29, 0.717) is 19.0 Å². The second-order valence-corrected chi connectivity index (χ2v) is 8.25. The van der Waals surface area contributed by atoms with Crippen LogP contribution in [0.25, 0.3) is 0 Å². The van der Waals surface area contributed by atoms with Gasteiger partial charge in [0.1, 0.15) is 0 Å². The first-order chi connectivity index (χ1) is 10.4. The number of sulfonamides is 1. The predicted octanol–water partition coefficient (Wildman–Crippen LogP) is 2.13. The Kier molecular flexibility index (Phi) is 5.58. The van der Waals surface area contributed by atoms with Gasteiger partial charge in [0.25, 0.3) is 0 Å². The molecule has 1 saturated heterocycles. The molecule has 0 bridgehead atoms. The molecule has 22 heavy (non-hydrogen) atoms. The fourth-order valence-corrected chi connectivity index (χ4v) is 4.70. The van der Waals surface area contributed by atoms with Crippen molar-refractivity contribution >= 4 is 16.0 Å². The van der Waals surface area contributed by atoms with Crippen LogP contribution in [0.1, 0.15) is 31.7 Å². The topological polar surface area (TPSA) is 74.7 Å². The number of carboxylic acids is 1. The molecule has 0 aromatic heterocycles. The van der Waals surface area contributed by atoms with Crippen LogP contribution in [0.4, 0.5) is 0 Å². The molecule has 0 aliphatic carbocycles. The van der Waals surface area contributed by atoms with Crippen molar-refractivity contribution in [1.29, 1.82) is 0 Å². The Morgan fingerprint density at radius 2 is 1.86 bits per heavy atom. The maximum atomic E-state index is 12.8. The van der Waals surface area contributed by atoms with Gasteiger partial charge in [-0.25, -0.2) is 12.7 Å². The van der Waals surface area contributed by atoms with E-state index in [4.69, 9.17) is 5.11 Å². The van der Waals surface area contributed by atoms with E-state index in [1.807, 2.05) is 30.3 Å². The van der Waals surface area contributed by atoms with E-state index in [1.54, 1.807) is 0 Å². The molecular formula is C16H23NO4S. The number of aliphatic carboxylic acids is 1. The van der Waals surface area contributed by atoms with Crippen LogP contribution < -0.4 is 0 Å². The number of piperidine rings is 1. The van der Waals surface area contributed by atoms with Crippen LogP contribution in [0.2, 0.25) is 0 Å². The summed E-state index contributed by atoms with van der Waals surface area (Å²) in [6, 6.07) is 9.20. The molecule has 0 spiro atoms. The van der Waals surface area contributed by atoms with Gasteiger partial charge in [-0.1, -0.05) is 37.3 Å². The molecule has 1 atom stereocenters. The predicted molar refractivity (Wildman–Crippen MR) is 85.1 cm³/mol. The molecule has 2 rings (SSSR count). The molecule has 122 valence electrons. The standard InChI is InChI=1S/C16H23NO4S/c1-13-7-9-17(10-8-13)22(20,21)15(12-16(18)19)11-14-5-3-2-4-6-14/h2-6,13,15H,7-12H2,1H3,(H,18,19). The van der Waals surface area contributed by atoms with Gasteiger partial charge in [-0.2, -0.15) is 0 Å². The Morgan fingerprint density at radius 1 is 1.27 bits per heavy atom. The molecule has 1 unspecified atom stereocenters. The van der Waals surface area contributed by atoms with Crippen molar-refractivity contribution in [3.05, 3.63) is 35.9 Å². The van der Waals surface area contributed by atoms with Crippen molar-refractivity contribution in [3.63, 3.8) is 0 Å². The normalized spacial score (nSPS) is 19.0. The second kappa shape index (κ2) is 7.24. The first kappa shape index (κ1) is 17.0. The lowest BCUT2D eigenvalue weighted by molar-refractivity contribution is -0.137. The summed E-state index contributed by atoms with van der Waals surface area (Å²) in [6.45, 7) is 3.10. The molecule has 1 aliphatic heterocycles. The zero-order valence-electron chi connectivity index (χ0n) is 12.8. The molecular weight excluding hydrogens is 302 g/mol. The Bertz CT molecular complexity index is 592. The quantitative estimate of drug-likeness (QED) is 0.869. The van der Waals surface area contributed by atoms with Crippen LogP contribution in [-0.4, -0.2) is 42.1 Å². The maximum Gasteiger partial charge on any atom is 0.304 e. The molecule has 0 amide bonds. The summed E-state index contributed by atoms with van der Waals surface area (Å²) in [5.41, 5.74) is 0.850. The lowest BCUT2D eigenvalue weighted by atomic mass is 10.0. The number of hydrogen-bond acceptors (Lipinski definition) is 3. The molecule has 1 aliphatic rings. The van der Waals surface area contributed by atoms with Gasteiger partial charge >= 0.3 is 5.97 Å². The molecule has 5 nitrogen and oxygen atoms in total. The Labute approximate surface area is 132 Å². The zero-order valence-corrected chi connectivity index (χ0v) is 13.6. The lowest BCUT2D eigenvalue weighted by Gasteiger charge is -2.32. The van der Waals surface area contributed by atoms with Crippen LogP contribution in [-0.2, 0) is 21.2 Å². The maximum absolute atomic E-state index is 12.8. The lowest BCUT2D eigenvalue weighted by Crippen LogP contribution is -2.44. The highest BCUT2D eigenvalue weighted by molar-refractivity contribution is 7.89. The highest BCUT2D eigenvalue weighted by Gasteiger charge is 2.35. The minimum Gasteiger partial charge on any atom is -0.481 e.